The lowest BCUT2D eigenvalue weighted by Crippen LogP contribution is -2.56. The molecule has 0 aromatic heterocycles. The van der Waals surface area contributed by atoms with Gasteiger partial charge in [-0.3, -0.25) is 0 Å². The van der Waals surface area contributed by atoms with Gasteiger partial charge in [0.2, 0.25) is 0 Å². The van der Waals surface area contributed by atoms with Crippen LogP contribution in [0.4, 0.5) is 11.4 Å². The minimum absolute atomic E-state index is 0.0619. The number of fused-ring (bicyclic) bond motifs is 1. The van der Waals surface area contributed by atoms with Crippen molar-refractivity contribution < 1.29 is 0 Å². The zero-order valence-electron chi connectivity index (χ0n) is 18.6. The Morgan fingerprint density at radius 2 is 1.40 bits per heavy atom. The predicted octanol–water partition coefficient (Wildman–Crippen LogP) is 7.51. The molecular formula is C28H32N2. The van der Waals surface area contributed by atoms with Crippen LogP contribution in [-0.2, 0) is 5.54 Å². The molecule has 0 N–H and O–H groups in total. The molecule has 4 rings (SSSR count). The molecule has 1 aliphatic rings. The maximum atomic E-state index is 5.32. The van der Waals surface area contributed by atoms with Gasteiger partial charge in [0.25, 0.3) is 0 Å². The van der Waals surface area contributed by atoms with Crippen LogP contribution in [0.3, 0.4) is 0 Å². The lowest BCUT2D eigenvalue weighted by atomic mass is 9.78. The van der Waals surface area contributed by atoms with Crippen molar-refractivity contribution in [2.24, 2.45) is 4.99 Å². The Morgan fingerprint density at radius 1 is 0.800 bits per heavy atom. The summed E-state index contributed by atoms with van der Waals surface area (Å²) in [6, 6.07) is 30.2. The Balaban J connectivity index is 2.07. The second kappa shape index (κ2) is 8.10. The standard InChI is InChI=1S/C28H32N2/c1-5-6-21-28(22-15-9-7-10-16-22)26(29-23-17-11-8-12-18-23)24-19-13-14-20-25(24)30(28)27(2,3)4/h7-20H,5-6,21H2,1-4H3/b29-26-. The molecule has 3 aromatic rings. The molecule has 0 fully saturated rings. The summed E-state index contributed by atoms with van der Waals surface area (Å²) >= 11 is 0. The van der Waals surface area contributed by atoms with Gasteiger partial charge >= 0.3 is 0 Å². The molecule has 154 valence electrons. The van der Waals surface area contributed by atoms with E-state index < -0.39 is 0 Å². The Morgan fingerprint density at radius 3 is 2.03 bits per heavy atom. The van der Waals surface area contributed by atoms with E-state index in [2.05, 4.69) is 118 Å². The molecular weight excluding hydrogens is 364 g/mol. The van der Waals surface area contributed by atoms with E-state index in [-0.39, 0.29) is 11.1 Å². The molecule has 1 unspecified atom stereocenters. The molecule has 0 saturated carbocycles. The first-order valence-corrected chi connectivity index (χ1v) is 11.1. The van der Waals surface area contributed by atoms with Gasteiger partial charge in [-0.25, -0.2) is 4.99 Å². The Hall–Kier alpha value is -2.87. The molecule has 1 atom stereocenters. The van der Waals surface area contributed by atoms with Gasteiger partial charge in [-0.2, -0.15) is 0 Å². The molecule has 1 aliphatic heterocycles. The van der Waals surface area contributed by atoms with Crippen LogP contribution in [0.25, 0.3) is 0 Å². The number of hydrogen-bond acceptors (Lipinski definition) is 2. The van der Waals surface area contributed by atoms with Crippen molar-refractivity contribution in [1.82, 2.24) is 0 Å². The number of hydrogen-bond donors (Lipinski definition) is 0. The van der Waals surface area contributed by atoms with Crippen LogP contribution in [0.5, 0.6) is 0 Å². The number of aliphatic imine (C=N–C) groups is 1. The quantitative estimate of drug-likeness (QED) is 0.435. The van der Waals surface area contributed by atoms with Gasteiger partial charge in [-0.05, 0) is 51.0 Å². The average molecular weight is 397 g/mol. The second-order valence-corrected chi connectivity index (χ2v) is 9.15. The van der Waals surface area contributed by atoms with Crippen LogP contribution < -0.4 is 4.90 Å². The highest BCUT2D eigenvalue weighted by Crippen LogP contribution is 2.52. The summed E-state index contributed by atoms with van der Waals surface area (Å²) in [7, 11) is 0. The summed E-state index contributed by atoms with van der Waals surface area (Å²) in [5.41, 5.74) is 5.66. The monoisotopic (exact) mass is 396 g/mol. The van der Waals surface area contributed by atoms with E-state index in [0.717, 1.165) is 24.9 Å². The van der Waals surface area contributed by atoms with Gasteiger partial charge in [0, 0.05) is 16.8 Å². The van der Waals surface area contributed by atoms with Gasteiger partial charge < -0.3 is 4.90 Å². The van der Waals surface area contributed by atoms with E-state index in [1.165, 1.54) is 22.5 Å². The molecule has 0 saturated heterocycles. The highest BCUT2D eigenvalue weighted by atomic mass is 15.3. The predicted molar refractivity (Wildman–Crippen MR) is 129 cm³/mol. The number of anilines is 1. The van der Waals surface area contributed by atoms with Crippen molar-refractivity contribution in [2.75, 3.05) is 4.90 Å². The van der Waals surface area contributed by atoms with Crippen molar-refractivity contribution in [2.45, 2.75) is 58.0 Å². The summed E-state index contributed by atoms with van der Waals surface area (Å²) in [6.45, 7) is 9.23. The number of unbranched alkanes of at least 4 members (excludes halogenated alkanes) is 1. The van der Waals surface area contributed by atoms with Gasteiger partial charge in [0.1, 0.15) is 5.54 Å². The molecule has 0 bridgehead atoms. The number of nitrogens with zero attached hydrogens (tertiary/aromatic N) is 2. The van der Waals surface area contributed by atoms with Crippen LogP contribution >= 0.6 is 0 Å². The lowest BCUT2D eigenvalue weighted by molar-refractivity contribution is 0.377. The van der Waals surface area contributed by atoms with Crippen molar-refractivity contribution in [1.29, 1.82) is 0 Å². The van der Waals surface area contributed by atoms with Crippen LogP contribution in [0.15, 0.2) is 89.9 Å². The number of para-hydroxylation sites is 2. The SMILES string of the molecule is CCCCC1(c2ccccc2)/C(=N\c2ccccc2)c2ccccc2N1C(C)(C)C. The number of rotatable bonds is 5. The Bertz CT molecular complexity index is 1020. The van der Waals surface area contributed by atoms with Crippen molar-refractivity contribution >= 4 is 17.1 Å². The van der Waals surface area contributed by atoms with E-state index in [1.807, 2.05) is 0 Å². The third-order valence-corrected chi connectivity index (χ3v) is 5.98. The molecule has 30 heavy (non-hydrogen) atoms. The van der Waals surface area contributed by atoms with Crippen LogP contribution in [0.2, 0.25) is 0 Å². The molecule has 0 spiro atoms. The zero-order chi connectivity index (χ0) is 21.2. The fraction of sp³-hybridized carbons (Fsp3) is 0.321. The number of benzene rings is 3. The Labute approximate surface area is 181 Å². The largest absolute Gasteiger partial charge is 0.351 e. The first-order chi connectivity index (χ1) is 14.5. The van der Waals surface area contributed by atoms with Crippen molar-refractivity contribution in [3.05, 3.63) is 96.1 Å². The topological polar surface area (TPSA) is 15.6 Å². The second-order valence-electron chi connectivity index (χ2n) is 9.15. The van der Waals surface area contributed by atoms with Crippen LogP contribution in [0, 0.1) is 0 Å². The van der Waals surface area contributed by atoms with Gasteiger partial charge in [0.05, 0.1) is 11.4 Å². The maximum Gasteiger partial charge on any atom is 0.109 e. The van der Waals surface area contributed by atoms with Gasteiger partial charge in [0.15, 0.2) is 0 Å². The summed E-state index contributed by atoms with van der Waals surface area (Å²) in [4.78, 5) is 7.95. The summed E-state index contributed by atoms with van der Waals surface area (Å²) in [5, 5.41) is 0. The third kappa shape index (κ3) is 3.45. The van der Waals surface area contributed by atoms with E-state index in [0.29, 0.717) is 0 Å². The molecule has 2 heteroatoms. The van der Waals surface area contributed by atoms with E-state index >= 15 is 0 Å². The molecule has 3 aromatic carbocycles. The highest BCUT2D eigenvalue weighted by Gasteiger charge is 2.53. The third-order valence-electron chi connectivity index (χ3n) is 5.98. The molecule has 0 radical (unpaired) electrons. The zero-order valence-corrected chi connectivity index (χ0v) is 18.6. The first-order valence-electron chi connectivity index (χ1n) is 11.1. The molecule has 0 amide bonds. The van der Waals surface area contributed by atoms with E-state index in [9.17, 15) is 0 Å². The summed E-state index contributed by atoms with van der Waals surface area (Å²) in [6.07, 6.45) is 3.33. The fourth-order valence-electron chi connectivity index (χ4n) is 4.91. The molecule has 2 nitrogen and oxygen atoms in total. The van der Waals surface area contributed by atoms with Crippen molar-refractivity contribution in [3.63, 3.8) is 0 Å². The van der Waals surface area contributed by atoms with E-state index in [4.69, 9.17) is 4.99 Å². The highest BCUT2D eigenvalue weighted by molar-refractivity contribution is 6.18. The van der Waals surface area contributed by atoms with Gasteiger partial charge in [-0.15, -0.1) is 0 Å². The minimum Gasteiger partial charge on any atom is -0.351 e. The van der Waals surface area contributed by atoms with Crippen LogP contribution in [0.1, 0.15) is 58.1 Å². The minimum atomic E-state index is -0.297. The summed E-state index contributed by atoms with van der Waals surface area (Å²) in [5.74, 6) is 0. The smallest absolute Gasteiger partial charge is 0.109 e. The lowest BCUT2D eigenvalue weighted by Gasteiger charge is -2.49. The Kier molecular flexibility index (Phi) is 5.51. The summed E-state index contributed by atoms with van der Waals surface area (Å²) < 4.78 is 0. The normalized spacial score (nSPS) is 19.9. The first kappa shape index (κ1) is 20.4. The average Bonchev–Trinajstić information content (AvgIpc) is 3.04. The van der Waals surface area contributed by atoms with E-state index in [1.54, 1.807) is 0 Å². The van der Waals surface area contributed by atoms with Crippen LogP contribution in [-0.4, -0.2) is 11.3 Å². The molecule has 1 heterocycles. The van der Waals surface area contributed by atoms with Gasteiger partial charge in [-0.1, -0.05) is 86.5 Å². The van der Waals surface area contributed by atoms with Crippen molar-refractivity contribution in [3.8, 4) is 0 Å². The maximum absolute atomic E-state index is 5.32. The molecule has 0 aliphatic carbocycles. The fourth-order valence-corrected chi connectivity index (χ4v) is 4.91.